The molecule has 1 aromatic heterocycles. The van der Waals surface area contributed by atoms with Gasteiger partial charge in [0.1, 0.15) is 0 Å². The summed E-state index contributed by atoms with van der Waals surface area (Å²) in [6, 6.07) is 22.6. The number of rotatable bonds is 6. The molecule has 2 aromatic carbocycles. The van der Waals surface area contributed by atoms with Gasteiger partial charge in [0, 0.05) is 6.20 Å². The standard InChI is InChI=1S/C21H20BrNO/c22-20-19(13-7-12-17-8-3-1-4-9-17)14-15-23(21(20)24)16-18-10-5-2-6-11-18/h1-6,8-11,14-15H,7,12-13,16H2. The summed E-state index contributed by atoms with van der Waals surface area (Å²) in [4.78, 5) is 12.5. The van der Waals surface area contributed by atoms with E-state index < -0.39 is 0 Å². The maximum atomic E-state index is 12.5. The topological polar surface area (TPSA) is 22.0 Å². The summed E-state index contributed by atoms with van der Waals surface area (Å²) in [5, 5.41) is 0. The fraction of sp³-hybridized carbons (Fsp3) is 0.190. The molecule has 0 unspecified atom stereocenters. The number of halogens is 1. The molecule has 0 amide bonds. The van der Waals surface area contributed by atoms with E-state index in [4.69, 9.17) is 0 Å². The third kappa shape index (κ3) is 4.24. The fourth-order valence-electron chi connectivity index (χ4n) is 2.81. The van der Waals surface area contributed by atoms with E-state index in [1.54, 1.807) is 4.57 Å². The van der Waals surface area contributed by atoms with Gasteiger partial charge in [-0.05, 0) is 57.9 Å². The number of hydrogen-bond acceptors (Lipinski definition) is 1. The number of aromatic nitrogens is 1. The first-order chi connectivity index (χ1) is 11.7. The summed E-state index contributed by atoms with van der Waals surface area (Å²) in [5.41, 5.74) is 3.59. The van der Waals surface area contributed by atoms with Crippen molar-refractivity contribution in [1.82, 2.24) is 4.57 Å². The minimum Gasteiger partial charge on any atom is -0.310 e. The van der Waals surface area contributed by atoms with Gasteiger partial charge in [-0.1, -0.05) is 60.7 Å². The van der Waals surface area contributed by atoms with Crippen LogP contribution < -0.4 is 5.56 Å². The maximum absolute atomic E-state index is 12.5. The zero-order valence-electron chi connectivity index (χ0n) is 13.5. The van der Waals surface area contributed by atoms with Crippen molar-refractivity contribution in [2.24, 2.45) is 0 Å². The molecule has 0 aliphatic rings. The number of aryl methyl sites for hydroxylation is 2. The minimum atomic E-state index is 0.0380. The van der Waals surface area contributed by atoms with Gasteiger partial charge < -0.3 is 4.57 Å². The second kappa shape index (κ2) is 8.11. The van der Waals surface area contributed by atoms with Gasteiger partial charge in [-0.3, -0.25) is 4.79 Å². The van der Waals surface area contributed by atoms with Crippen LogP contribution in [0.2, 0.25) is 0 Å². The lowest BCUT2D eigenvalue weighted by Crippen LogP contribution is -2.22. The first-order valence-corrected chi connectivity index (χ1v) is 8.99. The molecule has 0 fully saturated rings. The van der Waals surface area contributed by atoms with Crippen LogP contribution >= 0.6 is 15.9 Å². The van der Waals surface area contributed by atoms with Crippen molar-refractivity contribution in [3.05, 3.63) is 104 Å². The fourth-order valence-corrected chi connectivity index (χ4v) is 3.37. The van der Waals surface area contributed by atoms with Gasteiger partial charge in [0.25, 0.3) is 5.56 Å². The lowest BCUT2D eigenvalue weighted by molar-refractivity contribution is 0.740. The third-order valence-corrected chi connectivity index (χ3v) is 4.98. The molecule has 0 radical (unpaired) electrons. The Morgan fingerprint density at radius 2 is 1.42 bits per heavy atom. The Hall–Kier alpha value is -2.13. The highest BCUT2D eigenvalue weighted by Crippen LogP contribution is 2.15. The highest BCUT2D eigenvalue weighted by molar-refractivity contribution is 9.10. The smallest absolute Gasteiger partial charge is 0.265 e. The molecule has 2 nitrogen and oxygen atoms in total. The molecule has 1 heterocycles. The highest BCUT2D eigenvalue weighted by Gasteiger charge is 2.08. The first kappa shape index (κ1) is 16.7. The lowest BCUT2D eigenvalue weighted by Gasteiger charge is -2.10. The van der Waals surface area contributed by atoms with Crippen molar-refractivity contribution in [3.63, 3.8) is 0 Å². The van der Waals surface area contributed by atoms with Crippen LogP contribution in [0, 0.1) is 0 Å². The van der Waals surface area contributed by atoms with Crippen LogP contribution in [0.4, 0.5) is 0 Å². The lowest BCUT2D eigenvalue weighted by atomic mass is 10.0. The van der Waals surface area contributed by atoms with E-state index in [1.807, 2.05) is 42.6 Å². The van der Waals surface area contributed by atoms with Gasteiger partial charge >= 0.3 is 0 Å². The molecular weight excluding hydrogens is 362 g/mol. The number of hydrogen-bond donors (Lipinski definition) is 0. The molecule has 0 N–H and O–H groups in total. The van der Waals surface area contributed by atoms with Gasteiger partial charge in [-0.2, -0.15) is 0 Å². The van der Waals surface area contributed by atoms with Crippen LogP contribution in [0.3, 0.4) is 0 Å². The Balaban J connectivity index is 1.67. The molecule has 0 bridgehead atoms. The predicted molar refractivity (Wildman–Crippen MR) is 102 cm³/mol. The summed E-state index contributed by atoms with van der Waals surface area (Å²) in [6.07, 6.45) is 4.86. The van der Waals surface area contributed by atoms with Crippen LogP contribution in [0.1, 0.15) is 23.1 Å². The average molecular weight is 382 g/mol. The SMILES string of the molecule is O=c1c(Br)c(CCCc2ccccc2)ccn1Cc1ccccc1. The van der Waals surface area contributed by atoms with Gasteiger partial charge in [0.15, 0.2) is 0 Å². The van der Waals surface area contributed by atoms with Crippen molar-refractivity contribution in [3.8, 4) is 0 Å². The summed E-state index contributed by atoms with van der Waals surface area (Å²) in [7, 11) is 0. The third-order valence-electron chi connectivity index (χ3n) is 4.14. The normalized spacial score (nSPS) is 10.7. The summed E-state index contributed by atoms with van der Waals surface area (Å²) < 4.78 is 2.44. The molecule has 0 atom stereocenters. The molecule has 0 aliphatic heterocycles. The summed E-state index contributed by atoms with van der Waals surface area (Å²) >= 11 is 3.50. The van der Waals surface area contributed by atoms with Gasteiger partial charge in [0.2, 0.25) is 0 Å². The quantitative estimate of drug-likeness (QED) is 0.598. The van der Waals surface area contributed by atoms with E-state index in [9.17, 15) is 4.79 Å². The van der Waals surface area contributed by atoms with Crippen molar-refractivity contribution >= 4 is 15.9 Å². The second-order valence-corrected chi connectivity index (χ2v) is 6.71. The average Bonchev–Trinajstić information content (AvgIpc) is 2.63. The largest absolute Gasteiger partial charge is 0.310 e. The molecule has 3 rings (SSSR count). The first-order valence-electron chi connectivity index (χ1n) is 8.20. The van der Waals surface area contributed by atoms with E-state index in [0.717, 1.165) is 30.4 Å². The Kier molecular flexibility index (Phi) is 5.65. The molecular formula is C21H20BrNO. The van der Waals surface area contributed by atoms with E-state index in [0.29, 0.717) is 11.0 Å². The predicted octanol–water partition coefficient (Wildman–Crippen LogP) is 4.83. The Morgan fingerprint density at radius 3 is 2.08 bits per heavy atom. The van der Waals surface area contributed by atoms with Gasteiger partial charge in [-0.25, -0.2) is 0 Å². The van der Waals surface area contributed by atoms with Crippen molar-refractivity contribution in [2.75, 3.05) is 0 Å². The summed E-state index contributed by atoms with van der Waals surface area (Å²) in [5.74, 6) is 0. The Morgan fingerprint density at radius 1 is 0.792 bits per heavy atom. The van der Waals surface area contributed by atoms with Gasteiger partial charge in [0.05, 0.1) is 11.0 Å². The van der Waals surface area contributed by atoms with Crippen molar-refractivity contribution in [1.29, 1.82) is 0 Å². The number of benzene rings is 2. The van der Waals surface area contributed by atoms with Crippen LogP contribution in [0.25, 0.3) is 0 Å². The zero-order chi connectivity index (χ0) is 16.8. The number of pyridine rings is 1. The van der Waals surface area contributed by atoms with E-state index >= 15 is 0 Å². The Labute approximate surface area is 150 Å². The molecule has 3 aromatic rings. The molecule has 0 saturated heterocycles. The molecule has 24 heavy (non-hydrogen) atoms. The second-order valence-electron chi connectivity index (χ2n) is 5.91. The number of nitrogens with zero attached hydrogens (tertiary/aromatic N) is 1. The van der Waals surface area contributed by atoms with Crippen LogP contribution in [0.5, 0.6) is 0 Å². The van der Waals surface area contributed by atoms with E-state index in [-0.39, 0.29) is 5.56 Å². The Bertz CT molecular complexity index is 841. The van der Waals surface area contributed by atoms with Crippen LogP contribution in [-0.2, 0) is 19.4 Å². The molecule has 3 heteroatoms. The zero-order valence-corrected chi connectivity index (χ0v) is 15.1. The van der Waals surface area contributed by atoms with Gasteiger partial charge in [-0.15, -0.1) is 0 Å². The highest BCUT2D eigenvalue weighted by atomic mass is 79.9. The summed E-state index contributed by atoms with van der Waals surface area (Å²) in [6.45, 7) is 0.600. The molecule has 0 saturated carbocycles. The van der Waals surface area contributed by atoms with Crippen LogP contribution in [-0.4, -0.2) is 4.57 Å². The monoisotopic (exact) mass is 381 g/mol. The van der Waals surface area contributed by atoms with E-state index in [2.05, 4.69) is 46.3 Å². The molecule has 0 aliphatic carbocycles. The van der Waals surface area contributed by atoms with Crippen molar-refractivity contribution in [2.45, 2.75) is 25.8 Å². The van der Waals surface area contributed by atoms with E-state index in [1.165, 1.54) is 5.56 Å². The maximum Gasteiger partial charge on any atom is 0.265 e. The minimum absolute atomic E-state index is 0.0380. The molecule has 122 valence electrons. The van der Waals surface area contributed by atoms with Crippen molar-refractivity contribution < 1.29 is 0 Å². The van der Waals surface area contributed by atoms with Crippen LogP contribution in [0.15, 0.2) is 82.2 Å². The molecule has 0 spiro atoms.